The van der Waals surface area contributed by atoms with Crippen molar-refractivity contribution in [1.82, 2.24) is 15.3 Å². The number of thioether (sulfide) groups is 1. The maximum Gasteiger partial charge on any atom is 0.321 e. The van der Waals surface area contributed by atoms with Crippen molar-refractivity contribution in [3.63, 3.8) is 0 Å². The van der Waals surface area contributed by atoms with E-state index in [1.54, 1.807) is 18.0 Å². The molecule has 0 amide bonds. The number of aliphatic carboxylic acids is 1. The van der Waals surface area contributed by atoms with Gasteiger partial charge in [0.2, 0.25) is 0 Å². The van der Waals surface area contributed by atoms with Crippen LogP contribution in [-0.4, -0.2) is 32.8 Å². The Labute approximate surface area is 91.3 Å². The quantitative estimate of drug-likeness (QED) is 0.766. The zero-order chi connectivity index (χ0) is 10.8. The molecular weight excluding hydrogens is 214 g/mol. The molecule has 2 heterocycles. The Kier molecular flexibility index (Phi) is 2.88. The highest BCUT2D eigenvalue weighted by molar-refractivity contribution is 7.99. The van der Waals surface area contributed by atoms with Crippen LogP contribution >= 0.6 is 11.8 Å². The summed E-state index contributed by atoms with van der Waals surface area (Å²) < 4.78 is 0. The number of hydrogen-bond acceptors (Lipinski definition) is 5. The second-order valence-electron chi connectivity index (χ2n) is 3.30. The number of aromatic nitrogens is 2. The lowest BCUT2D eigenvalue weighted by atomic mass is 10.3. The number of nitrogens with one attached hydrogen (secondary N) is 1. The Morgan fingerprint density at radius 2 is 2.53 bits per heavy atom. The minimum Gasteiger partial charge on any atom is -0.480 e. The topological polar surface area (TPSA) is 75.1 Å². The minimum atomic E-state index is -0.809. The molecule has 1 aromatic rings. The van der Waals surface area contributed by atoms with Gasteiger partial charge in [0.15, 0.2) is 0 Å². The third-order valence-corrected chi connectivity index (χ3v) is 3.38. The van der Waals surface area contributed by atoms with Crippen molar-refractivity contribution in [2.24, 2.45) is 0 Å². The molecule has 1 aliphatic rings. The number of carboxylic acid groups (broad SMARTS) is 1. The predicted molar refractivity (Wildman–Crippen MR) is 56.5 cm³/mol. The molecule has 0 spiro atoms. The first-order valence-corrected chi connectivity index (χ1v) is 5.61. The molecule has 5 nitrogen and oxygen atoms in total. The monoisotopic (exact) mass is 225 g/mol. The summed E-state index contributed by atoms with van der Waals surface area (Å²) in [6.45, 7) is 1.82. The number of rotatable bonds is 2. The summed E-state index contributed by atoms with van der Waals surface area (Å²) in [7, 11) is 0. The van der Waals surface area contributed by atoms with E-state index < -0.39 is 12.0 Å². The van der Waals surface area contributed by atoms with Crippen LogP contribution in [0.2, 0.25) is 0 Å². The fourth-order valence-electron chi connectivity index (χ4n) is 1.41. The lowest BCUT2D eigenvalue weighted by Gasteiger charge is -2.10. The molecule has 15 heavy (non-hydrogen) atoms. The van der Waals surface area contributed by atoms with E-state index >= 15 is 0 Å². The van der Waals surface area contributed by atoms with Gasteiger partial charge in [-0.3, -0.25) is 10.1 Å². The van der Waals surface area contributed by atoms with E-state index in [4.69, 9.17) is 5.11 Å². The van der Waals surface area contributed by atoms with Crippen molar-refractivity contribution < 1.29 is 9.90 Å². The zero-order valence-corrected chi connectivity index (χ0v) is 8.99. The molecule has 0 saturated carbocycles. The zero-order valence-electron chi connectivity index (χ0n) is 8.17. The Balaban J connectivity index is 2.11. The first-order chi connectivity index (χ1) is 7.16. The van der Waals surface area contributed by atoms with Gasteiger partial charge >= 0.3 is 5.97 Å². The summed E-state index contributed by atoms with van der Waals surface area (Å²) in [4.78, 5) is 19.0. The molecule has 1 aliphatic heterocycles. The number of nitrogens with zero attached hydrogens (tertiary/aromatic N) is 2. The van der Waals surface area contributed by atoms with Gasteiger partial charge in [0, 0.05) is 11.9 Å². The van der Waals surface area contributed by atoms with Crippen molar-refractivity contribution in [2.75, 3.05) is 5.75 Å². The molecule has 1 unspecified atom stereocenters. The Hall–Kier alpha value is -1.14. The Morgan fingerprint density at radius 1 is 1.73 bits per heavy atom. The molecule has 2 rings (SSSR count). The molecule has 1 saturated heterocycles. The average Bonchev–Trinajstić information content (AvgIpc) is 2.66. The van der Waals surface area contributed by atoms with E-state index in [-0.39, 0.29) is 5.37 Å². The summed E-state index contributed by atoms with van der Waals surface area (Å²) in [6.07, 6.45) is 1.69. The van der Waals surface area contributed by atoms with Crippen LogP contribution in [0.1, 0.15) is 16.9 Å². The highest BCUT2D eigenvalue weighted by Gasteiger charge is 2.30. The van der Waals surface area contributed by atoms with Gasteiger partial charge in [-0.25, -0.2) is 9.97 Å². The van der Waals surface area contributed by atoms with Crippen LogP contribution in [0.4, 0.5) is 0 Å². The molecule has 0 aliphatic carbocycles. The van der Waals surface area contributed by atoms with E-state index in [2.05, 4.69) is 15.3 Å². The van der Waals surface area contributed by atoms with Gasteiger partial charge < -0.3 is 5.11 Å². The molecule has 1 aromatic heterocycles. The molecule has 2 N–H and O–H groups in total. The lowest BCUT2D eigenvalue weighted by Crippen LogP contribution is -2.33. The van der Waals surface area contributed by atoms with Crippen molar-refractivity contribution in [1.29, 1.82) is 0 Å². The van der Waals surface area contributed by atoms with Crippen molar-refractivity contribution in [2.45, 2.75) is 18.3 Å². The molecule has 0 aromatic carbocycles. The van der Waals surface area contributed by atoms with Crippen LogP contribution < -0.4 is 5.32 Å². The van der Waals surface area contributed by atoms with Gasteiger partial charge in [0.05, 0.1) is 11.1 Å². The van der Waals surface area contributed by atoms with E-state index in [0.717, 1.165) is 5.69 Å². The fourth-order valence-corrected chi connectivity index (χ4v) is 2.59. The standard InChI is InChI=1S/C9H11N3O2S/c1-5-10-3-2-6(11-5)8-12-7(4-15-8)9(13)14/h2-3,7-8,12H,4H2,1H3,(H,13,14)/t7-,8?/m0/s1. The van der Waals surface area contributed by atoms with E-state index in [1.807, 2.05) is 13.0 Å². The molecular formula is C9H11N3O2S. The number of aryl methyl sites for hydroxylation is 1. The smallest absolute Gasteiger partial charge is 0.321 e. The molecule has 6 heteroatoms. The lowest BCUT2D eigenvalue weighted by molar-refractivity contribution is -0.138. The van der Waals surface area contributed by atoms with Crippen LogP contribution in [0.15, 0.2) is 12.3 Å². The van der Waals surface area contributed by atoms with E-state index in [9.17, 15) is 4.79 Å². The van der Waals surface area contributed by atoms with Crippen LogP contribution in [0.25, 0.3) is 0 Å². The van der Waals surface area contributed by atoms with E-state index in [0.29, 0.717) is 11.6 Å². The Bertz CT molecular complexity index is 385. The van der Waals surface area contributed by atoms with Gasteiger partial charge in [-0.05, 0) is 13.0 Å². The third-order valence-electron chi connectivity index (χ3n) is 2.15. The second kappa shape index (κ2) is 4.16. The van der Waals surface area contributed by atoms with E-state index in [1.165, 1.54) is 0 Å². The van der Waals surface area contributed by atoms with Gasteiger partial charge in [0.1, 0.15) is 11.9 Å². The molecule has 80 valence electrons. The summed E-state index contributed by atoms with van der Waals surface area (Å²) in [5.74, 6) is 0.465. The number of carboxylic acids is 1. The van der Waals surface area contributed by atoms with Crippen molar-refractivity contribution >= 4 is 17.7 Å². The molecule has 2 atom stereocenters. The minimum absolute atomic E-state index is 0.0344. The van der Waals surface area contributed by atoms with Crippen LogP contribution in [0, 0.1) is 6.92 Å². The Morgan fingerprint density at radius 3 is 3.13 bits per heavy atom. The summed E-state index contributed by atoms with van der Waals surface area (Å²) >= 11 is 1.56. The maximum atomic E-state index is 10.7. The average molecular weight is 225 g/mol. The predicted octanol–water partition coefficient (Wildman–Crippen LogP) is 0.573. The molecule has 0 radical (unpaired) electrons. The number of hydrogen-bond donors (Lipinski definition) is 2. The van der Waals surface area contributed by atoms with Crippen LogP contribution in [-0.2, 0) is 4.79 Å². The normalized spacial score (nSPS) is 25.4. The highest BCUT2D eigenvalue weighted by Crippen LogP contribution is 2.31. The summed E-state index contributed by atoms with van der Waals surface area (Å²) in [5.41, 5.74) is 0.844. The van der Waals surface area contributed by atoms with Gasteiger partial charge in [0.25, 0.3) is 0 Å². The van der Waals surface area contributed by atoms with Gasteiger partial charge in [-0.15, -0.1) is 11.8 Å². The third kappa shape index (κ3) is 2.27. The fraction of sp³-hybridized carbons (Fsp3) is 0.444. The number of carbonyl (C=O) groups is 1. The molecule has 1 fully saturated rings. The maximum absolute atomic E-state index is 10.7. The largest absolute Gasteiger partial charge is 0.480 e. The summed E-state index contributed by atoms with van der Waals surface area (Å²) in [5, 5.41) is 11.8. The van der Waals surface area contributed by atoms with Crippen LogP contribution in [0.5, 0.6) is 0 Å². The first kappa shape index (κ1) is 10.4. The van der Waals surface area contributed by atoms with Crippen LogP contribution in [0.3, 0.4) is 0 Å². The van der Waals surface area contributed by atoms with Crippen molar-refractivity contribution in [3.05, 3.63) is 23.8 Å². The van der Waals surface area contributed by atoms with Gasteiger partial charge in [-0.1, -0.05) is 0 Å². The first-order valence-electron chi connectivity index (χ1n) is 4.57. The molecule has 0 bridgehead atoms. The van der Waals surface area contributed by atoms with Crippen molar-refractivity contribution in [3.8, 4) is 0 Å². The second-order valence-corrected chi connectivity index (χ2v) is 4.44. The van der Waals surface area contributed by atoms with Gasteiger partial charge in [-0.2, -0.15) is 0 Å². The highest BCUT2D eigenvalue weighted by atomic mass is 32.2. The summed E-state index contributed by atoms with van der Waals surface area (Å²) in [6, 6.07) is 1.33. The SMILES string of the molecule is Cc1nccc(C2N[C@H](C(=O)O)CS2)n1.